The first-order chi connectivity index (χ1) is 14.1. The molecule has 1 aliphatic rings. The van der Waals surface area contributed by atoms with Crippen molar-refractivity contribution in [3.8, 4) is 11.4 Å². The number of hydrogen-bond acceptors (Lipinski definition) is 6. The number of nitro groups is 1. The predicted molar refractivity (Wildman–Crippen MR) is 107 cm³/mol. The van der Waals surface area contributed by atoms with Crippen molar-refractivity contribution < 1.29 is 24.0 Å². The SMILES string of the molecule is COc1ccc([N+](=O)[O-])cc1-n1c(C)cc(C=C2C(=O)N(C)C(=O)N(C)C2=O)c1C. The maximum Gasteiger partial charge on any atom is 0.333 e. The lowest BCUT2D eigenvalue weighted by molar-refractivity contribution is -0.384. The zero-order valence-electron chi connectivity index (χ0n) is 17.1. The molecule has 156 valence electrons. The van der Waals surface area contributed by atoms with Crippen molar-refractivity contribution in [2.24, 2.45) is 0 Å². The van der Waals surface area contributed by atoms with Crippen LogP contribution in [0.4, 0.5) is 10.5 Å². The zero-order chi connectivity index (χ0) is 22.3. The first-order valence-electron chi connectivity index (χ1n) is 8.92. The number of carbonyl (C=O) groups excluding carboxylic acids is 3. The number of benzene rings is 1. The Labute approximate surface area is 172 Å². The summed E-state index contributed by atoms with van der Waals surface area (Å²) in [6.45, 7) is 3.55. The van der Waals surface area contributed by atoms with Crippen molar-refractivity contribution in [3.63, 3.8) is 0 Å². The van der Waals surface area contributed by atoms with Gasteiger partial charge in [-0.2, -0.15) is 0 Å². The topological polar surface area (TPSA) is 115 Å². The molecule has 1 saturated heterocycles. The van der Waals surface area contributed by atoms with E-state index in [-0.39, 0.29) is 11.3 Å². The number of nitro benzene ring substituents is 1. The number of barbiturate groups is 1. The summed E-state index contributed by atoms with van der Waals surface area (Å²) in [5, 5.41) is 11.2. The summed E-state index contributed by atoms with van der Waals surface area (Å²) in [4.78, 5) is 49.3. The molecular weight excluding hydrogens is 392 g/mol. The summed E-state index contributed by atoms with van der Waals surface area (Å²) in [5.41, 5.74) is 2.13. The summed E-state index contributed by atoms with van der Waals surface area (Å²) in [5.74, 6) is -0.960. The summed E-state index contributed by atoms with van der Waals surface area (Å²) < 4.78 is 7.10. The molecule has 1 aromatic carbocycles. The first-order valence-corrected chi connectivity index (χ1v) is 8.92. The van der Waals surface area contributed by atoms with Crippen molar-refractivity contribution in [3.05, 3.63) is 56.9 Å². The van der Waals surface area contributed by atoms with Gasteiger partial charge in [0.25, 0.3) is 17.5 Å². The predicted octanol–water partition coefficient (Wildman–Crippen LogP) is 2.44. The Kier molecular flexibility index (Phi) is 5.17. The van der Waals surface area contributed by atoms with Gasteiger partial charge in [-0.1, -0.05) is 0 Å². The summed E-state index contributed by atoms with van der Waals surface area (Å²) >= 11 is 0. The van der Waals surface area contributed by atoms with Gasteiger partial charge in [0.15, 0.2) is 0 Å². The molecule has 0 aliphatic carbocycles. The Morgan fingerprint density at radius 3 is 2.17 bits per heavy atom. The van der Waals surface area contributed by atoms with Crippen LogP contribution in [0, 0.1) is 24.0 Å². The van der Waals surface area contributed by atoms with E-state index < -0.39 is 22.8 Å². The molecule has 0 unspecified atom stereocenters. The zero-order valence-corrected chi connectivity index (χ0v) is 17.1. The molecule has 0 bridgehead atoms. The number of amides is 4. The minimum absolute atomic E-state index is 0.0994. The smallest absolute Gasteiger partial charge is 0.333 e. The monoisotopic (exact) mass is 412 g/mol. The number of urea groups is 1. The van der Waals surface area contributed by atoms with E-state index in [1.165, 1.54) is 45.5 Å². The second-order valence-electron chi connectivity index (χ2n) is 6.84. The number of aryl methyl sites for hydroxylation is 1. The minimum atomic E-state index is -0.700. The largest absolute Gasteiger partial charge is 0.495 e. The van der Waals surface area contributed by atoms with Gasteiger partial charge in [-0.3, -0.25) is 29.5 Å². The second-order valence-corrected chi connectivity index (χ2v) is 6.84. The molecule has 3 rings (SSSR count). The van der Waals surface area contributed by atoms with Gasteiger partial charge >= 0.3 is 6.03 Å². The Hall–Kier alpha value is -3.95. The van der Waals surface area contributed by atoms with Crippen molar-refractivity contribution in [1.82, 2.24) is 14.4 Å². The number of nitrogens with zero attached hydrogens (tertiary/aromatic N) is 4. The highest BCUT2D eigenvalue weighted by Gasteiger charge is 2.38. The number of likely N-dealkylation sites (N-methyl/N-ethyl adjacent to an activating group) is 2. The normalized spacial score (nSPS) is 14.4. The van der Waals surface area contributed by atoms with Crippen LogP contribution in [0.5, 0.6) is 5.75 Å². The minimum Gasteiger partial charge on any atom is -0.495 e. The van der Waals surface area contributed by atoms with Crippen LogP contribution in [-0.4, -0.2) is 58.3 Å². The number of ether oxygens (including phenoxy) is 1. The molecular formula is C20H20N4O6. The van der Waals surface area contributed by atoms with Gasteiger partial charge in [-0.25, -0.2) is 4.79 Å². The molecule has 0 N–H and O–H groups in total. The van der Waals surface area contributed by atoms with Crippen molar-refractivity contribution in [1.29, 1.82) is 0 Å². The molecule has 2 aromatic rings. The van der Waals surface area contributed by atoms with Crippen molar-refractivity contribution in [2.45, 2.75) is 13.8 Å². The molecule has 30 heavy (non-hydrogen) atoms. The van der Waals surface area contributed by atoms with Crippen molar-refractivity contribution >= 4 is 29.6 Å². The Bertz CT molecular complexity index is 1100. The van der Waals surface area contributed by atoms with Crippen LogP contribution in [0.2, 0.25) is 0 Å². The summed E-state index contributed by atoms with van der Waals surface area (Å²) in [7, 11) is 4.07. The third-order valence-electron chi connectivity index (χ3n) is 5.03. The van der Waals surface area contributed by atoms with Gasteiger partial charge < -0.3 is 9.30 Å². The average Bonchev–Trinajstić information content (AvgIpc) is 3.00. The molecule has 4 amide bonds. The van der Waals surface area contributed by atoms with Crippen LogP contribution in [0.15, 0.2) is 29.8 Å². The van der Waals surface area contributed by atoms with Gasteiger partial charge in [0.2, 0.25) is 0 Å². The molecule has 1 fully saturated rings. The van der Waals surface area contributed by atoms with Crippen LogP contribution in [0.25, 0.3) is 11.8 Å². The molecule has 1 aromatic heterocycles. The van der Waals surface area contributed by atoms with E-state index in [9.17, 15) is 24.5 Å². The van der Waals surface area contributed by atoms with E-state index in [4.69, 9.17) is 4.74 Å². The lowest BCUT2D eigenvalue weighted by Gasteiger charge is -2.28. The fourth-order valence-electron chi connectivity index (χ4n) is 3.40. The fourth-order valence-corrected chi connectivity index (χ4v) is 3.40. The molecule has 2 heterocycles. The first kappa shape index (κ1) is 20.8. The number of hydrogen-bond donors (Lipinski definition) is 0. The molecule has 0 atom stereocenters. The maximum absolute atomic E-state index is 12.5. The van der Waals surface area contributed by atoms with Crippen LogP contribution in [0.1, 0.15) is 17.0 Å². The number of aromatic nitrogens is 1. The molecule has 10 heteroatoms. The number of rotatable bonds is 4. The molecule has 0 radical (unpaired) electrons. The van der Waals surface area contributed by atoms with E-state index >= 15 is 0 Å². The Morgan fingerprint density at radius 1 is 1.03 bits per heavy atom. The van der Waals surface area contributed by atoms with Gasteiger partial charge in [-0.15, -0.1) is 0 Å². The lowest BCUT2D eigenvalue weighted by Crippen LogP contribution is -2.52. The van der Waals surface area contributed by atoms with E-state index in [1.54, 1.807) is 24.5 Å². The number of non-ortho nitro benzene ring substituents is 1. The van der Waals surface area contributed by atoms with Gasteiger partial charge in [0.05, 0.1) is 17.7 Å². The number of imide groups is 2. The summed E-state index contributed by atoms with van der Waals surface area (Å²) in [6, 6.07) is 5.30. The quantitative estimate of drug-likeness (QED) is 0.330. The highest BCUT2D eigenvalue weighted by atomic mass is 16.6. The highest BCUT2D eigenvalue weighted by molar-refractivity contribution is 6.30. The van der Waals surface area contributed by atoms with E-state index in [0.717, 1.165) is 9.80 Å². The van der Waals surface area contributed by atoms with Crippen LogP contribution >= 0.6 is 0 Å². The van der Waals surface area contributed by atoms with Gasteiger partial charge in [0, 0.05) is 37.6 Å². The molecule has 0 saturated carbocycles. The van der Waals surface area contributed by atoms with Gasteiger partial charge in [0.1, 0.15) is 11.3 Å². The Balaban J connectivity index is 2.16. The Morgan fingerprint density at radius 2 is 1.63 bits per heavy atom. The van der Waals surface area contributed by atoms with Crippen LogP contribution < -0.4 is 4.74 Å². The third kappa shape index (κ3) is 3.21. The van der Waals surface area contributed by atoms with Crippen LogP contribution in [0.3, 0.4) is 0 Å². The van der Waals surface area contributed by atoms with Crippen molar-refractivity contribution in [2.75, 3.05) is 21.2 Å². The van der Waals surface area contributed by atoms with Gasteiger partial charge in [-0.05, 0) is 37.6 Å². The molecule has 10 nitrogen and oxygen atoms in total. The second kappa shape index (κ2) is 7.47. The van der Waals surface area contributed by atoms with E-state index in [1.807, 2.05) is 0 Å². The summed E-state index contributed by atoms with van der Waals surface area (Å²) in [6.07, 6.45) is 1.42. The number of methoxy groups -OCH3 is 1. The average molecular weight is 412 g/mol. The fraction of sp³-hybridized carbons (Fsp3) is 0.250. The van der Waals surface area contributed by atoms with E-state index in [0.29, 0.717) is 28.4 Å². The van der Waals surface area contributed by atoms with Crippen LogP contribution in [-0.2, 0) is 9.59 Å². The standard InChI is InChI=1S/C20H20N4O6/c1-11-8-13(9-15-18(25)21(3)20(27)22(4)19(15)26)12(2)23(11)16-10-14(24(28)29)6-7-17(16)30-5/h6-10H,1-5H3. The molecule has 0 spiro atoms. The highest BCUT2D eigenvalue weighted by Crippen LogP contribution is 2.32. The number of carbonyl (C=O) groups is 3. The third-order valence-corrected chi connectivity index (χ3v) is 5.03. The maximum atomic E-state index is 12.5. The molecule has 1 aliphatic heterocycles. The lowest BCUT2D eigenvalue weighted by atomic mass is 10.1. The van der Waals surface area contributed by atoms with E-state index in [2.05, 4.69) is 0 Å².